The summed E-state index contributed by atoms with van der Waals surface area (Å²) in [5.74, 6) is -0.593. The molecule has 1 rings (SSSR count). The van der Waals surface area contributed by atoms with Crippen LogP contribution in [0.2, 0.25) is 0 Å². The molecule has 0 bridgehead atoms. The summed E-state index contributed by atoms with van der Waals surface area (Å²) in [7, 11) is -8.35. The van der Waals surface area contributed by atoms with Crippen molar-refractivity contribution in [2.24, 2.45) is 5.11 Å². The van der Waals surface area contributed by atoms with Gasteiger partial charge in [-0.15, -0.1) is 0 Å². The SMILES string of the molecule is N=Nc1ccc(S(=O)(=O)CCOS(=O)(=O)O)cc1. The second-order valence-electron chi connectivity index (χ2n) is 3.17. The highest BCUT2D eigenvalue weighted by atomic mass is 32.3. The molecule has 0 radical (unpaired) electrons. The van der Waals surface area contributed by atoms with Gasteiger partial charge >= 0.3 is 10.4 Å². The van der Waals surface area contributed by atoms with Gasteiger partial charge in [0.2, 0.25) is 0 Å². The lowest BCUT2D eigenvalue weighted by molar-refractivity contribution is 0.284. The molecule has 0 aliphatic carbocycles. The van der Waals surface area contributed by atoms with E-state index >= 15 is 0 Å². The maximum absolute atomic E-state index is 11.7. The van der Waals surface area contributed by atoms with Crippen molar-refractivity contribution < 1.29 is 25.6 Å². The van der Waals surface area contributed by atoms with Crippen LogP contribution in [0.4, 0.5) is 5.69 Å². The fourth-order valence-corrected chi connectivity index (χ4v) is 2.58. The Hall–Kier alpha value is -1.36. The molecule has 0 atom stereocenters. The molecular formula is C8H10N2O6S2. The van der Waals surface area contributed by atoms with Crippen molar-refractivity contribution in [1.82, 2.24) is 0 Å². The number of nitrogens with zero attached hydrogens (tertiary/aromatic N) is 1. The lowest BCUT2D eigenvalue weighted by Crippen LogP contribution is -2.15. The van der Waals surface area contributed by atoms with Gasteiger partial charge in [0.25, 0.3) is 0 Å². The van der Waals surface area contributed by atoms with Crippen LogP contribution in [0, 0.1) is 5.53 Å². The number of nitrogens with one attached hydrogen (secondary N) is 1. The molecular weight excluding hydrogens is 284 g/mol. The maximum atomic E-state index is 11.7. The van der Waals surface area contributed by atoms with Gasteiger partial charge in [-0.2, -0.15) is 13.5 Å². The monoisotopic (exact) mass is 294 g/mol. The van der Waals surface area contributed by atoms with E-state index in [1.165, 1.54) is 24.3 Å². The molecule has 0 aliphatic heterocycles. The first kappa shape index (κ1) is 14.7. The third kappa shape index (κ3) is 4.49. The molecule has 0 aliphatic rings. The van der Waals surface area contributed by atoms with Gasteiger partial charge in [0.05, 0.1) is 22.9 Å². The van der Waals surface area contributed by atoms with Crippen LogP contribution in [-0.2, 0) is 24.4 Å². The predicted molar refractivity (Wildman–Crippen MR) is 60.8 cm³/mol. The minimum Gasteiger partial charge on any atom is -0.264 e. The Morgan fingerprint density at radius 1 is 1.17 bits per heavy atom. The molecule has 18 heavy (non-hydrogen) atoms. The van der Waals surface area contributed by atoms with E-state index in [0.717, 1.165) is 0 Å². The topological polar surface area (TPSA) is 134 Å². The normalized spacial score (nSPS) is 12.3. The lowest BCUT2D eigenvalue weighted by atomic mass is 10.3. The summed E-state index contributed by atoms with van der Waals surface area (Å²) in [5.41, 5.74) is 7.01. The van der Waals surface area contributed by atoms with Crippen molar-refractivity contribution in [2.45, 2.75) is 4.90 Å². The van der Waals surface area contributed by atoms with Crippen LogP contribution in [-0.4, -0.2) is 33.7 Å². The average Bonchev–Trinajstić information content (AvgIpc) is 2.27. The zero-order valence-electron chi connectivity index (χ0n) is 8.98. The van der Waals surface area contributed by atoms with Gasteiger partial charge in [-0.1, -0.05) is 0 Å². The van der Waals surface area contributed by atoms with E-state index in [1.807, 2.05) is 0 Å². The molecule has 100 valence electrons. The summed E-state index contributed by atoms with van der Waals surface area (Å²) >= 11 is 0. The summed E-state index contributed by atoms with van der Waals surface area (Å²) in [6.07, 6.45) is 0. The quantitative estimate of drug-likeness (QED) is 0.592. The van der Waals surface area contributed by atoms with E-state index in [-0.39, 0.29) is 4.90 Å². The summed E-state index contributed by atoms with van der Waals surface area (Å²) in [6.45, 7) is -0.675. The Balaban J connectivity index is 2.77. The number of rotatable bonds is 6. The molecule has 8 nitrogen and oxygen atoms in total. The number of sulfone groups is 1. The van der Waals surface area contributed by atoms with Crippen molar-refractivity contribution in [3.8, 4) is 0 Å². The second kappa shape index (κ2) is 5.52. The Kier molecular flexibility index (Phi) is 4.51. The fourth-order valence-electron chi connectivity index (χ4n) is 1.09. The van der Waals surface area contributed by atoms with Gasteiger partial charge in [0.1, 0.15) is 0 Å². The van der Waals surface area contributed by atoms with E-state index in [2.05, 4.69) is 9.30 Å². The average molecular weight is 294 g/mol. The standard InChI is InChI=1S/C8H10N2O6S2/c9-10-7-1-3-8(4-2-7)17(11,12)6-5-16-18(13,14)15/h1-4,9H,5-6H2,(H,13,14,15). The first-order valence-electron chi connectivity index (χ1n) is 4.57. The summed E-state index contributed by atoms with van der Waals surface area (Å²) in [4.78, 5) is -0.0474. The van der Waals surface area contributed by atoms with Gasteiger partial charge in [-0.05, 0) is 24.3 Å². The van der Waals surface area contributed by atoms with Gasteiger partial charge in [0.15, 0.2) is 9.84 Å². The van der Waals surface area contributed by atoms with E-state index in [1.54, 1.807) is 0 Å². The molecule has 10 heteroatoms. The zero-order chi connectivity index (χ0) is 13.8. The van der Waals surface area contributed by atoms with Crippen LogP contribution in [0.5, 0.6) is 0 Å². The molecule has 0 heterocycles. The minimum absolute atomic E-state index is 0.0474. The molecule has 0 amide bonds. The number of benzene rings is 1. The third-order valence-electron chi connectivity index (χ3n) is 1.91. The molecule has 2 N–H and O–H groups in total. The molecule has 0 spiro atoms. The van der Waals surface area contributed by atoms with Crippen molar-refractivity contribution in [2.75, 3.05) is 12.4 Å². The van der Waals surface area contributed by atoms with Crippen molar-refractivity contribution in [3.63, 3.8) is 0 Å². The number of hydrogen-bond acceptors (Lipinski definition) is 7. The highest BCUT2D eigenvalue weighted by Gasteiger charge is 2.16. The molecule has 0 fully saturated rings. The Morgan fingerprint density at radius 3 is 2.17 bits per heavy atom. The Labute approximate surface area is 104 Å². The second-order valence-corrected chi connectivity index (χ2v) is 6.37. The first-order valence-corrected chi connectivity index (χ1v) is 7.58. The molecule has 0 unspecified atom stereocenters. The smallest absolute Gasteiger partial charge is 0.264 e. The van der Waals surface area contributed by atoms with E-state index in [9.17, 15) is 16.8 Å². The van der Waals surface area contributed by atoms with Crippen molar-refractivity contribution in [1.29, 1.82) is 5.53 Å². The molecule has 0 saturated carbocycles. The van der Waals surface area contributed by atoms with E-state index < -0.39 is 32.6 Å². The molecule has 0 saturated heterocycles. The van der Waals surface area contributed by atoms with Crippen LogP contribution < -0.4 is 0 Å². The Bertz CT molecular complexity index is 620. The maximum Gasteiger partial charge on any atom is 0.397 e. The Morgan fingerprint density at radius 2 is 1.72 bits per heavy atom. The van der Waals surface area contributed by atoms with Gasteiger partial charge < -0.3 is 0 Å². The highest BCUT2D eigenvalue weighted by Crippen LogP contribution is 2.17. The summed E-state index contributed by atoms with van der Waals surface area (Å²) in [6, 6.07) is 5.17. The third-order valence-corrected chi connectivity index (χ3v) is 4.07. The lowest BCUT2D eigenvalue weighted by Gasteiger charge is -2.04. The largest absolute Gasteiger partial charge is 0.397 e. The van der Waals surface area contributed by atoms with Crippen LogP contribution in [0.25, 0.3) is 0 Å². The van der Waals surface area contributed by atoms with E-state index in [0.29, 0.717) is 5.69 Å². The molecule has 1 aromatic rings. The number of hydrogen-bond donors (Lipinski definition) is 2. The fraction of sp³-hybridized carbons (Fsp3) is 0.250. The highest BCUT2D eigenvalue weighted by molar-refractivity contribution is 7.91. The van der Waals surface area contributed by atoms with Gasteiger partial charge in [-0.3, -0.25) is 4.55 Å². The summed E-state index contributed by atoms with van der Waals surface area (Å²) < 4.78 is 56.1. The van der Waals surface area contributed by atoms with Crippen LogP contribution in [0.15, 0.2) is 34.3 Å². The minimum atomic E-state index is -4.64. The predicted octanol–water partition coefficient (Wildman–Crippen LogP) is 0.942. The van der Waals surface area contributed by atoms with Crippen molar-refractivity contribution >= 4 is 25.9 Å². The van der Waals surface area contributed by atoms with Crippen molar-refractivity contribution in [3.05, 3.63) is 24.3 Å². The van der Waals surface area contributed by atoms with Gasteiger partial charge in [-0.25, -0.2) is 18.1 Å². The first-order chi connectivity index (χ1) is 8.24. The molecule has 1 aromatic carbocycles. The van der Waals surface area contributed by atoms with Crippen LogP contribution in [0.3, 0.4) is 0 Å². The van der Waals surface area contributed by atoms with Crippen LogP contribution in [0.1, 0.15) is 0 Å². The van der Waals surface area contributed by atoms with Crippen LogP contribution >= 0.6 is 0 Å². The zero-order valence-corrected chi connectivity index (χ0v) is 10.6. The molecule has 0 aromatic heterocycles. The van der Waals surface area contributed by atoms with E-state index in [4.69, 9.17) is 10.1 Å². The summed E-state index contributed by atoms with van der Waals surface area (Å²) in [5, 5.41) is 3.11. The van der Waals surface area contributed by atoms with Gasteiger partial charge in [0, 0.05) is 0 Å².